The van der Waals surface area contributed by atoms with E-state index in [-0.39, 0.29) is 18.4 Å². The van der Waals surface area contributed by atoms with Crippen molar-refractivity contribution in [2.75, 3.05) is 0 Å². The smallest absolute Gasteiger partial charge is 0.303 e. The normalized spacial score (nSPS) is 11.8. The SMILES string of the molecule is O=C(O)CCC(NC(=O)CCc1ccsc1)c1ccccc1. The van der Waals surface area contributed by atoms with Gasteiger partial charge in [-0.25, -0.2) is 0 Å². The van der Waals surface area contributed by atoms with Gasteiger partial charge in [0.2, 0.25) is 5.91 Å². The number of carbonyl (C=O) groups excluding carboxylic acids is 1. The van der Waals surface area contributed by atoms with Crippen molar-refractivity contribution in [3.05, 3.63) is 58.3 Å². The van der Waals surface area contributed by atoms with Gasteiger partial charge in [-0.2, -0.15) is 11.3 Å². The predicted octanol–water partition coefficient (Wildman–Crippen LogP) is 3.40. The summed E-state index contributed by atoms with van der Waals surface area (Å²) in [5, 5.41) is 15.8. The van der Waals surface area contributed by atoms with Gasteiger partial charge in [0, 0.05) is 12.8 Å². The third kappa shape index (κ3) is 5.33. The molecule has 1 atom stereocenters. The zero-order valence-corrected chi connectivity index (χ0v) is 13.0. The van der Waals surface area contributed by atoms with Gasteiger partial charge in [-0.15, -0.1) is 0 Å². The molecule has 0 bridgehead atoms. The van der Waals surface area contributed by atoms with E-state index >= 15 is 0 Å². The maximum absolute atomic E-state index is 12.1. The van der Waals surface area contributed by atoms with E-state index in [0.29, 0.717) is 19.3 Å². The van der Waals surface area contributed by atoms with Crippen LogP contribution in [-0.4, -0.2) is 17.0 Å². The Morgan fingerprint density at radius 1 is 1.14 bits per heavy atom. The van der Waals surface area contributed by atoms with E-state index in [1.807, 2.05) is 47.2 Å². The van der Waals surface area contributed by atoms with Crippen LogP contribution in [0.2, 0.25) is 0 Å². The highest BCUT2D eigenvalue weighted by molar-refractivity contribution is 7.07. The Morgan fingerprint density at radius 2 is 1.91 bits per heavy atom. The van der Waals surface area contributed by atoms with Crippen LogP contribution in [0.25, 0.3) is 0 Å². The molecule has 0 aliphatic carbocycles. The molecule has 1 aromatic carbocycles. The van der Waals surface area contributed by atoms with Gasteiger partial charge in [0.25, 0.3) is 0 Å². The molecule has 5 heteroatoms. The maximum atomic E-state index is 12.1. The number of hydrogen-bond acceptors (Lipinski definition) is 3. The van der Waals surface area contributed by atoms with E-state index in [0.717, 1.165) is 11.1 Å². The summed E-state index contributed by atoms with van der Waals surface area (Å²) in [5.74, 6) is -0.904. The molecule has 0 radical (unpaired) electrons. The molecular formula is C17H19NO3S. The average Bonchev–Trinajstić information content (AvgIpc) is 3.03. The van der Waals surface area contributed by atoms with E-state index in [1.54, 1.807) is 11.3 Å². The quantitative estimate of drug-likeness (QED) is 0.784. The molecular weight excluding hydrogens is 298 g/mol. The summed E-state index contributed by atoms with van der Waals surface area (Å²) in [4.78, 5) is 22.9. The summed E-state index contributed by atoms with van der Waals surface area (Å²) < 4.78 is 0. The summed E-state index contributed by atoms with van der Waals surface area (Å²) in [6, 6.07) is 11.2. The molecule has 0 aliphatic heterocycles. The minimum Gasteiger partial charge on any atom is -0.481 e. The Labute approximate surface area is 133 Å². The molecule has 2 rings (SSSR count). The summed E-state index contributed by atoms with van der Waals surface area (Å²) >= 11 is 1.62. The van der Waals surface area contributed by atoms with Crippen molar-refractivity contribution in [2.45, 2.75) is 31.7 Å². The van der Waals surface area contributed by atoms with Gasteiger partial charge in [-0.1, -0.05) is 30.3 Å². The number of rotatable bonds is 8. The molecule has 116 valence electrons. The first kappa shape index (κ1) is 16.2. The first-order valence-electron chi connectivity index (χ1n) is 7.22. The van der Waals surface area contributed by atoms with E-state index in [9.17, 15) is 9.59 Å². The number of amides is 1. The number of thiophene rings is 1. The number of carboxylic acids is 1. The van der Waals surface area contributed by atoms with Crippen molar-refractivity contribution >= 4 is 23.2 Å². The van der Waals surface area contributed by atoms with Crippen molar-refractivity contribution in [1.29, 1.82) is 0 Å². The Bertz CT molecular complexity index is 596. The first-order valence-corrected chi connectivity index (χ1v) is 8.16. The van der Waals surface area contributed by atoms with Gasteiger partial charge in [0.15, 0.2) is 0 Å². The zero-order valence-electron chi connectivity index (χ0n) is 12.2. The molecule has 1 heterocycles. The minimum absolute atomic E-state index is 0.0321. The minimum atomic E-state index is -0.853. The summed E-state index contributed by atoms with van der Waals surface area (Å²) in [5.41, 5.74) is 2.09. The lowest BCUT2D eigenvalue weighted by Gasteiger charge is -2.18. The zero-order chi connectivity index (χ0) is 15.8. The van der Waals surface area contributed by atoms with Crippen LogP contribution in [0, 0.1) is 0 Å². The van der Waals surface area contributed by atoms with Gasteiger partial charge in [-0.3, -0.25) is 9.59 Å². The number of benzene rings is 1. The van der Waals surface area contributed by atoms with Crippen molar-refractivity contribution in [2.24, 2.45) is 0 Å². The molecule has 2 N–H and O–H groups in total. The van der Waals surface area contributed by atoms with Crippen molar-refractivity contribution in [3.63, 3.8) is 0 Å². The van der Waals surface area contributed by atoms with Gasteiger partial charge in [-0.05, 0) is 40.8 Å². The monoisotopic (exact) mass is 317 g/mol. The van der Waals surface area contributed by atoms with Gasteiger partial charge in [0.1, 0.15) is 0 Å². The second kappa shape index (κ2) is 8.34. The largest absolute Gasteiger partial charge is 0.481 e. The van der Waals surface area contributed by atoms with E-state index in [2.05, 4.69) is 5.32 Å². The molecule has 4 nitrogen and oxygen atoms in total. The highest BCUT2D eigenvalue weighted by Crippen LogP contribution is 2.19. The topological polar surface area (TPSA) is 66.4 Å². The number of nitrogens with one attached hydrogen (secondary N) is 1. The second-order valence-electron chi connectivity index (χ2n) is 5.09. The van der Waals surface area contributed by atoms with E-state index < -0.39 is 5.97 Å². The average molecular weight is 317 g/mol. The fourth-order valence-electron chi connectivity index (χ4n) is 2.23. The third-order valence-corrected chi connectivity index (χ3v) is 4.14. The number of aliphatic carboxylic acids is 1. The van der Waals surface area contributed by atoms with E-state index in [1.165, 1.54) is 0 Å². The fourth-order valence-corrected chi connectivity index (χ4v) is 2.94. The molecule has 0 saturated carbocycles. The van der Waals surface area contributed by atoms with Crippen LogP contribution in [0.15, 0.2) is 47.2 Å². The third-order valence-electron chi connectivity index (χ3n) is 3.40. The van der Waals surface area contributed by atoms with Gasteiger partial charge >= 0.3 is 5.97 Å². The molecule has 1 amide bonds. The molecule has 2 aromatic rings. The van der Waals surface area contributed by atoms with Crippen LogP contribution >= 0.6 is 11.3 Å². The lowest BCUT2D eigenvalue weighted by Crippen LogP contribution is -2.29. The fraction of sp³-hybridized carbons (Fsp3) is 0.294. The van der Waals surface area contributed by atoms with Gasteiger partial charge < -0.3 is 10.4 Å². The van der Waals surface area contributed by atoms with Gasteiger partial charge in [0.05, 0.1) is 6.04 Å². The van der Waals surface area contributed by atoms with Crippen molar-refractivity contribution < 1.29 is 14.7 Å². The summed E-state index contributed by atoms with van der Waals surface area (Å²) in [6.07, 6.45) is 1.54. The Hall–Kier alpha value is -2.14. The summed E-state index contributed by atoms with van der Waals surface area (Å²) in [6.45, 7) is 0. The molecule has 0 saturated heterocycles. The molecule has 0 fully saturated rings. The highest BCUT2D eigenvalue weighted by Gasteiger charge is 2.15. The van der Waals surface area contributed by atoms with Crippen LogP contribution in [0.5, 0.6) is 0 Å². The standard InChI is InChI=1S/C17H19NO3S/c19-16(8-6-13-10-11-22-12-13)18-15(7-9-17(20)21)14-4-2-1-3-5-14/h1-5,10-12,15H,6-9H2,(H,18,19)(H,20,21). The lowest BCUT2D eigenvalue weighted by atomic mass is 10.0. The number of carboxylic acid groups (broad SMARTS) is 1. The molecule has 1 aromatic heterocycles. The maximum Gasteiger partial charge on any atom is 0.303 e. The van der Waals surface area contributed by atoms with Crippen LogP contribution in [0.4, 0.5) is 0 Å². The number of aryl methyl sites for hydroxylation is 1. The molecule has 1 unspecified atom stereocenters. The van der Waals surface area contributed by atoms with Crippen molar-refractivity contribution in [3.8, 4) is 0 Å². The summed E-state index contributed by atoms with van der Waals surface area (Å²) in [7, 11) is 0. The number of hydrogen-bond donors (Lipinski definition) is 2. The molecule has 0 aliphatic rings. The van der Waals surface area contributed by atoms with Crippen LogP contribution < -0.4 is 5.32 Å². The van der Waals surface area contributed by atoms with Crippen LogP contribution in [0.3, 0.4) is 0 Å². The van der Waals surface area contributed by atoms with Crippen molar-refractivity contribution in [1.82, 2.24) is 5.32 Å². The van der Waals surface area contributed by atoms with Crippen LogP contribution in [-0.2, 0) is 16.0 Å². The number of carbonyl (C=O) groups is 2. The first-order chi connectivity index (χ1) is 10.6. The second-order valence-corrected chi connectivity index (χ2v) is 5.87. The Balaban J connectivity index is 1.93. The Kier molecular flexibility index (Phi) is 6.15. The molecule has 0 spiro atoms. The van der Waals surface area contributed by atoms with Crippen LogP contribution in [0.1, 0.15) is 36.4 Å². The van der Waals surface area contributed by atoms with E-state index in [4.69, 9.17) is 5.11 Å². The lowest BCUT2D eigenvalue weighted by molar-refractivity contribution is -0.137. The Morgan fingerprint density at radius 3 is 2.55 bits per heavy atom. The molecule has 22 heavy (non-hydrogen) atoms. The highest BCUT2D eigenvalue weighted by atomic mass is 32.1. The predicted molar refractivity (Wildman–Crippen MR) is 86.8 cm³/mol.